The lowest BCUT2D eigenvalue weighted by Gasteiger charge is -2.17. The Bertz CT molecular complexity index is 258. The van der Waals surface area contributed by atoms with Gasteiger partial charge in [0.1, 0.15) is 0 Å². The van der Waals surface area contributed by atoms with Crippen LogP contribution < -0.4 is 0 Å². The number of carbonyl (C=O) groups excluding carboxylic acids is 1. The van der Waals surface area contributed by atoms with Crippen LogP contribution in [0.3, 0.4) is 0 Å². The molecule has 0 spiro atoms. The Morgan fingerprint density at radius 3 is 3.18 bits per heavy atom. The van der Waals surface area contributed by atoms with Crippen LogP contribution in [0, 0.1) is 5.92 Å². The highest BCUT2D eigenvalue weighted by atomic mass is 16.1. The quantitative estimate of drug-likeness (QED) is 0.515. The summed E-state index contributed by atoms with van der Waals surface area (Å²) >= 11 is 0. The Morgan fingerprint density at radius 2 is 2.36 bits per heavy atom. The van der Waals surface area contributed by atoms with Crippen molar-refractivity contribution in [3.8, 4) is 0 Å². The Kier molecular flexibility index (Phi) is 1.45. The van der Waals surface area contributed by atoms with Gasteiger partial charge in [-0.15, -0.1) is 0 Å². The first-order valence-corrected chi connectivity index (χ1v) is 4.19. The molecule has 1 nitrogen and oxygen atoms in total. The maximum absolute atomic E-state index is 11.3. The molecule has 0 saturated heterocycles. The van der Waals surface area contributed by atoms with Crippen molar-refractivity contribution >= 4 is 5.78 Å². The van der Waals surface area contributed by atoms with Gasteiger partial charge in [-0.05, 0) is 43.8 Å². The van der Waals surface area contributed by atoms with E-state index in [2.05, 4.69) is 6.08 Å². The molecule has 2 aliphatic carbocycles. The summed E-state index contributed by atoms with van der Waals surface area (Å²) < 4.78 is 0. The van der Waals surface area contributed by atoms with E-state index < -0.39 is 0 Å². The second-order valence-corrected chi connectivity index (χ2v) is 3.49. The van der Waals surface area contributed by atoms with Gasteiger partial charge in [-0.3, -0.25) is 4.79 Å². The smallest absolute Gasteiger partial charge is 0.181 e. The summed E-state index contributed by atoms with van der Waals surface area (Å²) in [4.78, 5) is 11.3. The minimum atomic E-state index is 0.260. The van der Waals surface area contributed by atoms with Crippen molar-refractivity contribution in [2.45, 2.75) is 26.2 Å². The van der Waals surface area contributed by atoms with Crippen LogP contribution in [0.2, 0.25) is 0 Å². The zero-order chi connectivity index (χ0) is 7.84. The summed E-state index contributed by atoms with van der Waals surface area (Å²) in [5.41, 5.74) is 2.33. The molecule has 0 heterocycles. The van der Waals surface area contributed by atoms with Crippen LogP contribution in [-0.4, -0.2) is 5.78 Å². The van der Waals surface area contributed by atoms with Gasteiger partial charge in [0, 0.05) is 0 Å². The number of hydrogen-bond acceptors (Lipinski definition) is 1. The molecule has 0 N–H and O–H groups in total. The van der Waals surface area contributed by atoms with Crippen molar-refractivity contribution in [2.24, 2.45) is 5.92 Å². The van der Waals surface area contributed by atoms with Crippen LogP contribution in [0.1, 0.15) is 26.2 Å². The molecule has 0 saturated carbocycles. The van der Waals surface area contributed by atoms with Gasteiger partial charge in [0.05, 0.1) is 0 Å². The molecule has 0 aromatic carbocycles. The van der Waals surface area contributed by atoms with Crippen LogP contribution in [0.15, 0.2) is 23.3 Å². The third-order valence-corrected chi connectivity index (χ3v) is 2.55. The first-order chi connectivity index (χ1) is 5.27. The van der Waals surface area contributed by atoms with E-state index in [-0.39, 0.29) is 5.78 Å². The van der Waals surface area contributed by atoms with Gasteiger partial charge in [-0.2, -0.15) is 0 Å². The van der Waals surface area contributed by atoms with Crippen LogP contribution >= 0.6 is 0 Å². The predicted octanol–water partition coefficient (Wildman–Crippen LogP) is 2.24. The molecule has 58 valence electrons. The zero-order valence-electron chi connectivity index (χ0n) is 6.76. The van der Waals surface area contributed by atoms with Crippen molar-refractivity contribution in [3.05, 3.63) is 23.3 Å². The molecule has 2 rings (SSSR count). The molecule has 0 bridgehead atoms. The molecule has 0 fully saturated rings. The fraction of sp³-hybridized carbons (Fsp3) is 0.500. The minimum Gasteiger partial charge on any atom is -0.290 e. The van der Waals surface area contributed by atoms with Gasteiger partial charge in [-0.1, -0.05) is 11.6 Å². The second kappa shape index (κ2) is 2.33. The third-order valence-electron chi connectivity index (χ3n) is 2.55. The molecule has 1 atom stereocenters. The standard InChI is InChI=1S/C10H12O/c1-7-5-8-3-2-4-9(8)10(11)6-7/h4,6,8H,2-3,5H2,1H3. The molecule has 11 heavy (non-hydrogen) atoms. The summed E-state index contributed by atoms with van der Waals surface area (Å²) in [5, 5.41) is 0. The number of hydrogen-bond donors (Lipinski definition) is 0. The van der Waals surface area contributed by atoms with E-state index in [1.165, 1.54) is 12.0 Å². The Labute approximate surface area is 66.8 Å². The van der Waals surface area contributed by atoms with Crippen LogP contribution in [0.5, 0.6) is 0 Å². The van der Waals surface area contributed by atoms with Crippen molar-refractivity contribution < 1.29 is 4.79 Å². The highest BCUT2D eigenvalue weighted by Gasteiger charge is 2.27. The molecule has 2 aliphatic rings. The number of fused-ring (bicyclic) bond motifs is 1. The Morgan fingerprint density at radius 1 is 1.55 bits per heavy atom. The highest BCUT2D eigenvalue weighted by molar-refractivity contribution is 6.06. The normalized spacial score (nSPS) is 29.5. The van der Waals surface area contributed by atoms with Crippen LogP contribution in [0.25, 0.3) is 0 Å². The molecule has 0 aromatic heterocycles. The number of ketones is 1. The number of allylic oxidation sites excluding steroid dienone is 4. The van der Waals surface area contributed by atoms with E-state index in [9.17, 15) is 4.79 Å². The minimum absolute atomic E-state index is 0.260. The van der Waals surface area contributed by atoms with E-state index in [0.717, 1.165) is 18.4 Å². The monoisotopic (exact) mass is 148 g/mol. The lowest BCUT2D eigenvalue weighted by molar-refractivity contribution is -0.112. The average Bonchev–Trinajstić information content (AvgIpc) is 2.34. The summed E-state index contributed by atoms with van der Waals surface area (Å²) in [6.45, 7) is 2.05. The predicted molar refractivity (Wildman–Crippen MR) is 44.2 cm³/mol. The highest BCUT2D eigenvalue weighted by Crippen LogP contribution is 2.35. The molecular formula is C10H12O. The second-order valence-electron chi connectivity index (χ2n) is 3.49. The first kappa shape index (κ1) is 6.84. The summed E-state index contributed by atoms with van der Waals surface area (Å²) in [6.07, 6.45) is 7.29. The average molecular weight is 148 g/mol. The fourth-order valence-electron chi connectivity index (χ4n) is 2.03. The largest absolute Gasteiger partial charge is 0.290 e. The number of rotatable bonds is 0. The van der Waals surface area contributed by atoms with Crippen molar-refractivity contribution in [1.29, 1.82) is 0 Å². The molecule has 1 unspecified atom stereocenters. The van der Waals surface area contributed by atoms with Crippen LogP contribution in [-0.2, 0) is 4.79 Å². The van der Waals surface area contributed by atoms with E-state index >= 15 is 0 Å². The van der Waals surface area contributed by atoms with Gasteiger partial charge >= 0.3 is 0 Å². The van der Waals surface area contributed by atoms with Gasteiger partial charge in [-0.25, -0.2) is 0 Å². The van der Waals surface area contributed by atoms with Gasteiger partial charge in [0.2, 0.25) is 0 Å². The first-order valence-electron chi connectivity index (χ1n) is 4.19. The molecule has 0 aromatic rings. The van der Waals surface area contributed by atoms with E-state index in [4.69, 9.17) is 0 Å². The fourth-order valence-corrected chi connectivity index (χ4v) is 2.03. The Balaban J connectivity index is 2.34. The van der Waals surface area contributed by atoms with Gasteiger partial charge < -0.3 is 0 Å². The van der Waals surface area contributed by atoms with Crippen molar-refractivity contribution in [2.75, 3.05) is 0 Å². The summed E-state index contributed by atoms with van der Waals surface area (Å²) in [7, 11) is 0. The third kappa shape index (κ3) is 1.05. The molecule has 0 aliphatic heterocycles. The maximum atomic E-state index is 11.3. The van der Waals surface area contributed by atoms with E-state index in [0.29, 0.717) is 5.92 Å². The molecular weight excluding hydrogens is 136 g/mol. The van der Waals surface area contributed by atoms with Gasteiger partial charge in [0.25, 0.3) is 0 Å². The van der Waals surface area contributed by atoms with Crippen molar-refractivity contribution in [1.82, 2.24) is 0 Å². The van der Waals surface area contributed by atoms with E-state index in [1.54, 1.807) is 6.08 Å². The zero-order valence-corrected chi connectivity index (χ0v) is 6.76. The van der Waals surface area contributed by atoms with E-state index in [1.807, 2.05) is 6.92 Å². The topological polar surface area (TPSA) is 17.1 Å². The van der Waals surface area contributed by atoms with Crippen LogP contribution in [0.4, 0.5) is 0 Å². The summed E-state index contributed by atoms with van der Waals surface area (Å²) in [5.74, 6) is 0.823. The van der Waals surface area contributed by atoms with Crippen molar-refractivity contribution in [3.63, 3.8) is 0 Å². The maximum Gasteiger partial charge on any atom is 0.181 e. The summed E-state index contributed by atoms with van der Waals surface area (Å²) in [6, 6.07) is 0. The lowest BCUT2D eigenvalue weighted by Crippen LogP contribution is -2.13. The lowest BCUT2D eigenvalue weighted by atomic mass is 9.86. The number of carbonyl (C=O) groups is 1. The molecule has 0 radical (unpaired) electrons. The SMILES string of the molecule is CC1=CC(=O)C2=CCCC2C1. The molecule has 0 amide bonds. The molecule has 1 heteroatoms. The van der Waals surface area contributed by atoms with Gasteiger partial charge in [0.15, 0.2) is 5.78 Å². The Hall–Kier alpha value is -0.850.